The molecule has 0 unspecified atom stereocenters. The van der Waals surface area contributed by atoms with E-state index in [2.05, 4.69) is 36.7 Å². The minimum atomic E-state index is -0.258. The minimum Gasteiger partial charge on any atom is -0.488 e. The lowest BCUT2D eigenvalue weighted by Gasteiger charge is -2.09. The third-order valence-electron chi connectivity index (χ3n) is 4.87. The third kappa shape index (κ3) is 6.94. The second-order valence-corrected chi connectivity index (χ2v) is 9.70. The summed E-state index contributed by atoms with van der Waals surface area (Å²) < 4.78 is 8.78. The van der Waals surface area contributed by atoms with E-state index in [0.717, 1.165) is 21.2 Å². The van der Waals surface area contributed by atoms with Gasteiger partial charge in [0.1, 0.15) is 12.4 Å². The van der Waals surface area contributed by atoms with E-state index in [9.17, 15) is 4.79 Å². The van der Waals surface area contributed by atoms with Gasteiger partial charge in [0.05, 0.1) is 12.0 Å². The molecule has 0 aliphatic heterocycles. The van der Waals surface area contributed by atoms with E-state index in [1.165, 1.54) is 11.8 Å². The molecule has 0 atom stereocenters. The van der Waals surface area contributed by atoms with Gasteiger partial charge in [0.25, 0.3) is 5.91 Å². The first-order valence-electron chi connectivity index (χ1n) is 10.6. The number of carbonyl (C=O) groups is 1. The Balaban J connectivity index is 1.30. The number of para-hydroxylation sites is 1. The van der Waals surface area contributed by atoms with Crippen LogP contribution in [0.5, 0.6) is 5.75 Å². The van der Waals surface area contributed by atoms with Gasteiger partial charge < -0.3 is 9.30 Å². The molecule has 10 heteroatoms. The number of halogens is 2. The predicted octanol–water partition coefficient (Wildman–Crippen LogP) is 5.72. The van der Waals surface area contributed by atoms with Gasteiger partial charge >= 0.3 is 0 Å². The number of carbonyl (C=O) groups excluding carboxylic acids is 1. The quantitative estimate of drug-likeness (QED) is 0.158. The average molecular weight is 571 g/mol. The topological polar surface area (TPSA) is 81.4 Å². The fraction of sp³-hybridized carbons (Fsp3) is 0.120. The van der Waals surface area contributed by atoms with Crippen molar-refractivity contribution in [3.63, 3.8) is 0 Å². The Hall–Kier alpha value is -3.14. The van der Waals surface area contributed by atoms with E-state index in [4.69, 9.17) is 16.3 Å². The molecule has 0 aliphatic carbocycles. The number of hydrogen-bond acceptors (Lipinski definition) is 6. The van der Waals surface area contributed by atoms with Gasteiger partial charge in [-0.3, -0.25) is 4.79 Å². The second-order valence-electron chi connectivity index (χ2n) is 7.41. The van der Waals surface area contributed by atoms with Crippen LogP contribution in [0.4, 0.5) is 0 Å². The van der Waals surface area contributed by atoms with Crippen LogP contribution in [-0.4, -0.2) is 32.6 Å². The SMILES string of the molecule is Cn1c(SCC(=O)NN=Cc2ccccc2OCc2ccc(Br)cc2)nnc1-c1cccc(Cl)c1. The van der Waals surface area contributed by atoms with Gasteiger partial charge in [-0.1, -0.05) is 75.7 Å². The van der Waals surface area contributed by atoms with E-state index in [0.29, 0.717) is 28.4 Å². The Morgan fingerprint density at radius 3 is 2.74 bits per heavy atom. The van der Waals surface area contributed by atoms with Crippen molar-refractivity contribution < 1.29 is 9.53 Å². The van der Waals surface area contributed by atoms with Crippen molar-refractivity contribution in [2.45, 2.75) is 11.8 Å². The van der Waals surface area contributed by atoms with Crippen LogP contribution in [0.15, 0.2) is 87.5 Å². The van der Waals surface area contributed by atoms with Crippen molar-refractivity contribution in [2.75, 3.05) is 5.75 Å². The maximum Gasteiger partial charge on any atom is 0.250 e. The van der Waals surface area contributed by atoms with E-state index >= 15 is 0 Å². The van der Waals surface area contributed by atoms with Crippen molar-refractivity contribution in [2.24, 2.45) is 12.1 Å². The summed E-state index contributed by atoms with van der Waals surface area (Å²) in [6, 6.07) is 22.8. The molecular weight excluding hydrogens is 550 g/mol. The van der Waals surface area contributed by atoms with Gasteiger partial charge in [-0.2, -0.15) is 5.10 Å². The van der Waals surface area contributed by atoms with E-state index < -0.39 is 0 Å². The second kappa shape index (κ2) is 12.0. The first-order valence-corrected chi connectivity index (χ1v) is 12.7. The summed E-state index contributed by atoms with van der Waals surface area (Å²) in [5, 5.41) is 13.7. The van der Waals surface area contributed by atoms with Gasteiger partial charge in [-0.05, 0) is 42.0 Å². The van der Waals surface area contributed by atoms with Crippen molar-refractivity contribution >= 4 is 51.4 Å². The van der Waals surface area contributed by atoms with Crippen LogP contribution in [0.1, 0.15) is 11.1 Å². The van der Waals surface area contributed by atoms with Gasteiger partial charge in [0.15, 0.2) is 11.0 Å². The van der Waals surface area contributed by atoms with Crippen LogP contribution in [0.25, 0.3) is 11.4 Å². The number of nitrogens with zero attached hydrogens (tertiary/aromatic N) is 4. The molecule has 0 saturated heterocycles. The van der Waals surface area contributed by atoms with Crippen LogP contribution in [0.3, 0.4) is 0 Å². The fourth-order valence-corrected chi connectivity index (χ4v) is 4.27. The number of hydrogen-bond donors (Lipinski definition) is 1. The number of benzene rings is 3. The number of ether oxygens (including phenoxy) is 1. The first-order chi connectivity index (χ1) is 17.0. The summed E-state index contributed by atoms with van der Waals surface area (Å²) >= 11 is 10.8. The minimum absolute atomic E-state index is 0.139. The predicted molar refractivity (Wildman–Crippen MR) is 143 cm³/mol. The van der Waals surface area contributed by atoms with Crippen molar-refractivity contribution in [1.82, 2.24) is 20.2 Å². The number of amides is 1. The normalized spacial score (nSPS) is 11.1. The molecular formula is C25H21BrClN5O2S. The van der Waals surface area contributed by atoms with Crippen molar-refractivity contribution in [3.8, 4) is 17.1 Å². The molecule has 178 valence electrons. The molecule has 7 nitrogen and oxygen atoms in total. The van der Waals surface area contributed by atoms with Crippen LogP contribution < -0.4 is 10.2 Å². The standard InChI is InChI=1S/C25H21BrClN5O2S/c1-32-24(18-6-4-7-21(27)13-18)30-31-25(32)35-16-23(33)29-28-14-19-5-2-3-8-22(19)34-15-17-9-11-20(26)12-10-17/h2-14H,15-16H2,1H3,(H,29,33). The Kier molecular flexibility index (Phi) is 8.57. The average Bonchev–Trinajstić information content (AvgIpc) is 3.23. The summed E-state index contributed by atoms with van der Waals surface area (Å²) in [7, 11) is 1.85. The molecule has 4 rings (SSSR count). The molecule has 4 aromatic rings. The first kappa shape index (κ1) is 25.0. The highest BCUT2D eigenvalue weighted by atomic mass is 79.9. The monoisotopic (exact) mass is 569 g/mol. The highest BCUT2D eigenvalue weighted by Gasteiger charge is 2.13. The molecule has 0 radical (unpaired) electrons. The molecule has 1 aromatic heterocycles. The van der Waals surface area contributed by atoms with E-state index in [-0.39, 0.29) is 11.7 Å². The zero-order valence-corrected chi connectivity index (χ0v) is 21.8. The number of aromatic nitrogens is 3. The lowest BCUT2D eigenvalue weighted by Crippen LogP contribution is -2.20. The Labute approximate surface area is 220 Å². The summed E-state index contributed by atoms with van der Waals surface area (Å²) in [6.07, 6.45) is 1.57. The molecule has 0 fully saturated rings. The van der Waals surface area contributed by atoms with Crippen LogP contribution >= 0.6 is 39.3 Å². The molecule has 0 bridgehead atoms. The van der Waals surface area contributed by atoms with Crippen molar-refractivity contribution in [1.29, 1.82) is 0 Å². The van der Waals surface area contributed by atoms with Gasteiger partial charge in [-0.15, -0.1) is 10.2 Å². The highest BCUT2D eigenvalue weighted by Crippen LogP contribution is 2.24. The molecule has 1 N–H and O–H groups in total. The van der Waals surface area contributed by atoms with E-state index in [1.54, 1.807) is 12.3 Å². The Bertz CT molecular complexity index is 1340. The molecule has 0 aliphatic rings. The van der Waals surface area contributed by atoms with Gasteiger partial charge in [0.2, 0.25) is 0 Å². The van der Waals surface area contributed by atoms with E-state index in [1.807, 2.05) is 78.3 Å². The Morgan fingerprint density at radius 2 is 1.94 bits per heavy atom. The summed E-state index contributed by atoms with van der Waals surface area (Å²) in [5.74, 6) is 1.23. The lowest BCUT2D eigenvalue weighted by molar-refractivity contribution is -0.118. The lowest BCUT2D eigenvalue weighted by atomic mass is 10.2. The number of rotatable bonds is 9. The largest absolute Gasteiger partial charge is 0.488 e. The molecule has 35 heavy (non-hydrogen) atoms. The highest BCUT2D eigenvalue weighted by molar-refractivity contribution is 9.10. The fourth-order valence-electron chi connectivity index (χ4n) is 3.12. The number of nitrogens with one attached hydrogen (secondary N) is 1. The molecule has 3 aromatic carbocycles. The van der Waals surface area contributed by atoms with Crippen LogP contribution in [0, 0.1) is 0 Å². The van der Waals surface area contributed by atoms with Crippen LogP contribution in [-0.2, 0) is 18.4 Å². The smallest absolute Gasteiger partial charge is 0.250 e. The summed E-state index contributed by atoms with van der Waals surface area (Å²) in [5.41, 5.74) is 5.21. The molecule has 1 amide bonds. The van der Waals surface area contributed by atoms with Crippen LogP contribution in [0.2, 0.25) is 5.02 Å². The number of thioether (sulfide) groups is 1. The summed E-state index contributed by atoms with van der Waals surface area (Å²) in [4.78, 5) is 12.3. The zero-order chi connectivity index (χ0) is 24.6. The molecule has 1 heterocycles. The third-order valence-corrected chi connectivity index (χ3v) is 6.65. The maximum absolute atomic E-state index is 12.3. The summed E-state index contributed by atoms with van der Waals surface area (Å²) in [6.45, 7) is 0.427. The molecule has 0 spiro atoms. The number of hydrazone groups is 1. The zero-order valence-electron chi connectivity index (χ0n) is 18.7. The maximum atomic E-state index is 12.3. The van der Waals surface area contributed by atoms with Crippen molar-refractivity contribution in [3.05, 3.63) is 93.4 Å². The van der Waals surface area contributed by atoms with Gasteiger partial charge in [0, 0.05) is 27.7 Å². The molecule has 0 saturated carbocycles. The van der Waals surface area contributed by atoms with Gasteiger partial charge in [-0.25, -0.2) is 5.43 Å². The Morgan fingerprint density at radius 1 is 1.14 bits per heavy atom.